The Bertz CT molecular complexity index is 118. The van der Waals surface area contributed by atoms with Crippen LogP contribution in [0.3, 0.4) is 0 Å². The lowest BCUT2D eigenvalue weighted by atomic mass is 9.95. The molecule has 78 valence electrons. The molecule has 2 aliphatic rings. The summed E-state index contributed by atoms with van der Waals surface area (Å²) in [5.41, 5.74) is 0. The minimum atomic E-state index is 0. The van der Waals surface area contributed by atoms with Crippen LogP contribution in [-0.2, 0) is 9.47 Å². The van der Waals surface area contributed by atoms with Crippen molar-refractivity contribution in [1.82, 2.24) is 5.32 Å². The smallest absolute Gasteiger partial charge is 0.0750 e. The number of ether oxygens (including phenoxy) is 2. The second-order valence-corrected chi connectivity index (χ2v) is 3.59. The number of hydrogen-bond donors (Lipinski definition) is 1. The Kier molecular flexibility index (Phi) is 5.02. The Labute approximate surface area is 85.6 Å². The summed E-state index contributed by atoms with van der Waals surface area (Å²) in [7, 11) is 0. The van der Waals surface area contributed by atoms with E-state index in [1.54, 1.807) is 0 Å². The van der Waals surface area contributed by atoms with Gasteiger partial charge in [-0.05, 0) is 12.8 Å². The molecule has 0 aliphatic carbocycles. The van der Waals surface area contributed by atoms with Crippen LogP contribution >= 0.6 is 12.4 Å². The summed E-state index contributed by atoms with van der Waals surface area (Å²) in [5.74, 6) is 0.631. The molecule has 1 N–H and O–H groups in total. The second kappa shape index (κ2) is 5.81. The summed E-state index contributed by atoms with van der Waals surface area (Å²) >= 11 is 0. The molecule has 0 bridgehead atoms. The summed E-state index contributed by atoms with van der Waals surface area (Å²) in [6.07, 6.45) is 2.87. The highest BCUT2D eigenvalue weighted by Crippen LogP contribution is 2.20. The molecule has 13 heavy (non-hydrogen) atoms. The van der Waals surface area contributed by atoms with Gasteiger partial charge in [0.25, 0.3) is 0 Å². The van der Waals surface area contributed by atoms with Crippen LogP contribution in [0.5, 0.6) is 0 Å². The average Bonchev–Trinajstić information content (AvgIpc) is 2.21. The fourth-order valence-corrected chi connectivity index (χ4v) is 1.95. The maximum Gasteiger partial charge on any atom is 0.0750 e. The number of morpholine rings is 1. The lowest BCUT2D eigenvalue weighted by Crippen LogP contribution is -2.44. The summed E-state index contributed by atoms with van der Waals surface area (Å²) in [4.78, 5) is 0. The molecule has 0 amide bonds. The van der Waals surface area contributed by atoms with Crippen LogP contribution in [0.25, 0.3) is 0 Å². The molecule has 0 aromatic carbocycles. The molecule has 2 fully saturated rings. The zero-order valence-electron chi connectivity index (χ0n) is 7.83. The van der Waals surface area contributed by atoms with Crippen molar-refractivity contribution in [2.24, 2.45) is 5.92 Å². The highest BCUT2D eigenvalue weighted by molar-refractivity contribution is 5.85. The second-order valence-electron chi connectivity index (χ2n) is 3.59. The van der Waals surface area contributed by atoms with Crippen LogP contribution < -0.4 is 5.32 Å². The molecule has 2 unspecified atom stereocenters. The molecule has 2 aliphatic heterocycles. The highest BCUT2D eigenvalue weighted by Gasteiger charge is 2.26. The SMILES string of the molecule is C1COCC(C2CNCCO2)C1.Cl. The van der Waals surface area contributed by atoms with Crippen molar-refractivity contribution < 1.29 is 9.47 Å². The summed E-state index contributed by atoms with van der Waals surface area (Å²) in [6.45, 7) is 4.71. The molecule has 2 atom stereocenters. The Hall–Kier alpha value is 0.170. The molecule has 0 aromatic rings. The van der Waals surface area contributed by atoms with Crippen LogP contribution in [0.1, 0.15) is 12.8 Å². The van der Waals surface area contributed by atoms with Crippen molar-refractivity contribution in [1.29, 1.82) is 0 Å². The van der Waals surface area contributed by atoms with Gasteiger partial charge >= 0.3 is 0 Å². The van der Waals surface area contributed by atoms with E-state index in [0.29, 0.717) is 12.0 Å². The van der Waals surface area contributed by atoms with E-state index in [-0.39, 0.29) is 12.4 Å². The van der Waals surface area contributed by atoms with Crippen molar-refractivity contribution in [3.05, 3.63) is 0 Å². The van der Waals surface area contributed by atoms with Crippen LogP contribution in [0.15, 0.2) is 0 Å². The van der Waals surface area contributed by atoms with Gasteiger partial charge in [0.2, 0.25) is 0 Å². The largest absolute Gasteiger partial charge is 0.381 e. The molecule has 0 spiro atoms. The van der Waals surface area contributed by atoms with Gasteiger partial charge in [0, 0.05) is 25.6 Å². The van der Waals surface area contributed by atoms with E-state index in [1.165, 1.54) is 12.8 Å². The highest BCUT2D eigenvalue weighted by atomic mass is 35.5. The van der Waals surface area contributed by atoms with Gasteiger partial charge in [0.15, 0.2) is 0 Å². The molecule has 3 nitrogen and oxygen atoms in total. The first-order valence-corrected chi connectivity index (χ1v) is 4.87. The third-order valence-electron chi connectivity index (χ3n) is 2.68. The number of rotatable bonds is 1. The van der Waals surface area contributed by atoms with Gasteiger partial charge in [0.1, 0.15) is 0 Å². The minimum Gasteiger partial charge on any atom is -0.381 e. The van der Waals surface area contributed by atoms with E-state index in [4.69, 9.17) is 9.47 Å². The first-order valence-electron chi connectivity index (χ1n) is 4.87. The molecular weight excluding hydrogens is 190 g/mol. The minimum absolute atomic E-state index is 0. The standard InChI is InChI=1S/C9H17NO2.ClH/c1-2-8(7-11-4-1)9-6-10-3-5-12-9;/h8-10H,1-7H2;1H. The molecule has 0 aromatic heterocycles. The number of hydrogen-bond acceptors (Lipinski definition) is 3. The Morgan fingerprint density at radius 3 is 2.77 bits per heavy atom. The third kappa shape index (κ3) is 3.09. The lowest BCUT2D eigenvalue weighted by molar-refractivity contribution is -0.0586. The molecule has 0 saturated carbocycles. The van der Waals surface area contributed by atoms with Crippen LogP contribution in [-0.4, -0.2) is 39.0 Å². The monoisotopic (exact) mass is 207 g/mol. The molecule has 4 heteroatoms. The summed E-state index contributed by atoms with van der Waals surface area (Å²) in [6, 6.07) is 0. The topological polar surface area (TPSA) is 30.5 Å². The summed E-state index contributed by atoms with van der Waals surface area (Å²) in [5, 5.41) is 3.35. The Morgan fingerprint density at radius 2 is 2.15 bits per heavy atom. The molecule has 2 saturated heterocycles. The molecule has 2 heterocycles. The van der Waals surface area contributed by atoms with Gasteiger partial charge in [-0.3, -0.25) is 0 Å². The first kappa shape index (κ1) is 11.2. The van der Waals surface area contributed by atoms with Crippen LogP contribution in [0.2, 0.25) is 0 Å². The average molecular weight is 208 g/mol. The van der Waals surface area contributed by atoms with E-state index < -0.39 is 0 Å². The predicted octanol–water partition coefficient (Wildman–Crippen LogP) is 0.823. The van der Waals surface area contributed by atoms with Gasteiger partial charge in [-0.1, -0.05) is 0 Å². The normalized spacial score (nSPS) is 35.1. The van der Waals surface area contributed by atoms with Gasteiger partial charge in [0.05, 0.1) is 19.3 Å². The van der Waals surface area contributed by atoms with Crippen LogP contribution in [0.4, 0.5) is 0 Å². The third-order valence-corrected chi connectivity index (χ3v) is 2.68. The van der Waals surface area contributed by atoms with Crippen molar-refractivity contribution in [3.63, 3.8) is 0 Å². The van der Waals surface area contributed by atoms with E-state index in [9.17, 15) is 0 Å². The maximum atomic E-state index is 5.67. The van der Waals surface area contributed by atoms with Crippen LogP contribution in [0, 0.1) is 5.92 Å². The summed E-state index contributed by atoms with van der Waals surface area (Å²) < 4.78 is 11.1. The van der Waals surface area contributed by atoms with Crippen molar-refractivity contribution >= 4 is 12.4 Å². The van der Waals surface area contributed by atoms with Gasteiger partial charge in [-0.2, -0.15) is 0 Å². The first-order chi connectivity index (χ1) is 5.97. The zero-order chi connectivity index (χ0) is 8.23. The van der Waals surface area contributed by atoms with E-state index in [1.807, 2.05) is 0 Å². The van der Waals surface area contributed by atoms with E-state index in [0.717, 1.165) is 32.9 Å². The van der Waals surface area contributed by atoms with Crippen molar-refractivity contribution in [2.75, 3.05) is 32.9 Å². The van der Waals surface area contributed by atoms with E-state index in [2.05, 4.69) is 5.32 Å². The Morgan fingerprint density at radius 1 is 1.23 bits per heavy atom. The van der Waals surface area contributed by atoms with Gasteiger partial charge < -0.3 is 14.8 Å². The van der Waals surface area contributed by atoms with Gasteiger partial charge in [-0.25, -0.2) is 0 Å². The number of nitrogens with one attached hydrogen (secondary N) is 1. The van der Waals surface area contributed by atoms with Crippen molar-refractivity contribution in [3.8, 4) is 0 Å². The van der Waals surface area contributed by atoms with Crippen molar-refractivity contribution in [2.45, 2.75) is 18.9 Å². The number of halogens is 1. The molecule has 0 radical (unpaired) electrons. The molecule has 2 rings (SSSR count). The lowest BCUT2D eigenvalue weighted by Gasteiger charge is -2.33. The van der Waals surface area contributed by atoms with E-state index >= 15 is 0 Å². The molecular formula is C9H18ClNO2. The van der Waals surface area contributed by atoms with Gasteiger partial charge in [-0.15, -0.1) is 12.4 Å². The predicted molar refractivity (Wildman–Crippen MR) is 53.4 cm³/mol. The zero-order valence-corrected chi connectivity index (χ0v) is 8.65. The Balaban J connectivity index is 0.000000845. The fraction of sp³-hybridized carbons (Fsp3) is 1.00. The maximum absolute atomic E-state index is 5.67. The fourth-order valence-electron chi connectivity index (χ4n) is 1.95. The quantitative estimate of drug-likeness (QED) is 0.691.